The van der Waals surface area contributed by atoms with E-state index in [1.54, 1.807) is 18.2 Å². The first kappa shape index (κ1) is 28.2. The summed E-state index contributed by atoms with van der Waals surface area (Å²) >= 11 is 6.04. The topological polar surface area (TPSA) is 49.8 Å². The first-order valence-electron chi connectivity index (χ1n) is 13.6. The summed E-state index contributed by atoms with van der Waals surface area (Å²) in [5.74, 6) is -1.44. The van der Waals surface area contributed by atoms with Crippen LogP contribution >= 0.6 is 11.6 Å². The van der Waals surface area contributed by atoms with Crippen LogP contribution in [0.1, 0.15) is 49.7 Å². The van der Waals surface area contributed by atoms with Gasteiger partial charge in [0.2, 0.25) is 0 Å². The number of aliphatic carboxylic acids is 1. The van der Waals surface area contributed by atoms with E-state index in [0.29, 0.717) is 65.8 Å². The Bertz CT molecular complexity index is 1410. The van der Waals surface area contributed by atoms with Crippen molar-refractivity contribution in [3.63, 3.8) is 0 Å². The van der Waals surface area contributed by atoms with Crippen LogP contribution < -0.4 is 4.74 Å². The average molecular weight is 570 g/mol. The number of ether oxygens (including phenoxy) is 1. The van der Waals surface area contributed by atoms with Gasteiger partial charge in [0, 0.05) is 42.2 Å². The highest BCUT2D eigenvalue weighted by atomic mass is 35.5. The molecule has 8 heteroatoms. The molecular weight excluding hydrogens is 539 g/mol. The van der Waals surface area contributed by atoms with Gasteiger partial charge in [-0.1, -0.05) is 42.0 Å². The Labute approximate surface area is 237 Å². The molecule has 0 bridgehead atoms. The number of carboxylic acid groups (broad SMARTS) is 1. The van der Waals surface area contributed by atoms with Gasteiger partial charge in [0.05, 0.1) is 6.67 Å². The second kappa shape index (κ2) is 12.5. The van der Waals surface area contributed by atoms with Gasteiger partial charge in [0.15, 0.2) is 0 Å². The summed E-state index contributed by atoms with van der Waals surface area (Å²) < 4.78 is 49.5. The van der Waals surface area contributed by atoms with Crippen molar-refractivity contribution in [3.05, 3.63) is 99.1 Å². The molecule has 3 aliphatic rings. The second-order valence-electron chi connectivity index (χ2n) is 10.4. The van der Waals surface area contributed by atoms with Crippen LogP contribution in [0.2, 0.25) is 5.02 Å². The van der Waals surface area contributed by atoms with Crippen LogP contribution in [0.4, 0.5) is 13.2 Å². The Morgan fingerprint density at radius 2 is 1.85 bits per heavy atom. The van der Waals surface area contributed by atoms with E-state index in [2.05, 4.69) is 4.90 Å². The number of fused-ring (bicyclic) bond motifs is 1. The summed E-state index contributed by atoms with van der Waals surface area (Å²) in [6, 6.07) is 12.0. The van der Waals surface area contributed by atoms with E-state index in [1.165, 1.54) is 12.1 Å². The van der Waals surface area contributed by atoms with Gasteiger partial charge in [0.25, 0.3) is 0 Å². The number of nitrogens with zero attached hydrogens (tertiary/aromatic N) is 1. The maximum absolute atomic E-state index is 15.5. The number of allylic oxidation sites excluding steroid dienone is 7. The van der Waals surface area contributed by atoms with Crippen molar-refractivity contribution in [2.75, 3.05) is 26.3 Å². The third-order valence-corrected chi connectivity index (χ3v) is 7.92. The molecule has 1 N–H and O–H groups in total. The van der Waals surface area contributed by atoms with E-state index in [-0.39, 0.29) is 29.8 Å². The molecule has 4 nitrogen and oxygen atoms in total. The maximum Gasteiger partial charge on any atom is 0.331 e. The summed E-state index contributed by atoms with van der Waals surface area (Å²) in [6.07, 6.45) is 5.67. The number of carboxylic acids is 1. The van der Waals surface area contributed by atoms with E-state index >= 15 is 8.78 Å². The van der Waals surface area contributed by atoms with Crippen LogP contribution in [0, 0.1) is 5.82 Å². The molecule has 40 heavy (non-hydrogen) atoms. The van der Waals surface area contributed by atoms with Crippen molar-refractivity contribution in [2.45, 2.75) is 44.6 Å². The van der Waals surface area contributed by atoms with Gasteiger partial charge >= 0.3 is 5.97 Å². The van der Waals surface area contributed by atoms with E-state index in [1.807, 2.05) is 24.3 Å². The Balaban J connectivity index is 1.55. The monoisotopic (exact) mass is 569 g/mol. The predicted octanol–water partition coefficient (Wildman–Crippen LogP) is 7.95. The molecule has 2 aliphatic carbocycles. The molecule has 0 saturated carbocycles. The van der Waals surface area contributed by atoms with Gasteiger partial charge in [-0.25, -0.2) is 13.6 Å². The molecule has 0 aromatic heterocycles. The molecule has 2 aromatic rings. The molecule has 0 spiro atoms. The molecule has 0 amide bonds. The van der Waals surface area contributed by atoms with Gasteiger partial charge in [-0.2, -0.15) is 0 Å². The van der Waals surface area contributed by atoms with Gasteiger partial charge < -0.3 is 9.84 Å². The van der Waals surface area contributed by atoms with Crippen molar-refractivity contribution in [2.24, 2.45) is 0 Å². The zero-order chi connectivity index (χ0) is 28.2. The number of hydrogen-bond acceptors (Lipinski definition) is 3. The van der Waals surface area contributed by atoms with Crippen LogP contribution in [0.3, 0.4) is 0 Å². The summed E-state index contributed by atoms with van der Waals surface area (Å²) in [6.45, 7) is 2.00. The Hall–Kier alpha value is -3.29. The minimum Gasteiger partial charge on any atom is -0.489 e. The van der Waals surface area contributed by atoms with Crippen molar-refractivity contribution >= 4 is 28.7 Å². The minimum atomic E-state index is -1.17. The van der Waals surface area contributed by atoms with E-state index < -0.39 is 17.6 Å². The lowest BCUT2D eigenvalue weighted by Gasteiger charge is -2.19. The molecule has 1 fully saturated rings. The van der Waals surface area contributed by atoms with Gasteiger partial charge in [-0.15, -0.1) is 0 Å². The molecule has 0 radical (unpaired) electrons. The number of rotatable bonds is 8. The Kier molecular flexibility index (Phi) is 8.81. The van der Waals surface area contributed by atoms with Gasteiger partial charge in [-0.3, -0.25) is 9.29 Å². The summed E-state index contributed by atoms with van der Waals surface area (Å²) in [7, 11) is 0. The molecule has 1 heterocycles. The zero-order valence-electron chi connectivity index (χ0n) is 22.1. The lowest BCUT2D eigenvalue weighted by Crippen LogP contribution is -2.26. The quantitative estimate of drug-likeness (QED) is 0.350. The molecule has 210 valence electrons. The fourth-order valence-corrected chi connectivity index (χ4v) is 5.91. The highest BCUT2D eigenvalue weighted by Crippen LogP contribution is 2.46. The molecule has 5 rings (SSSR count). The molecule has 0 unspecified atom stereocenters. The van der Waals surface area contributed by atoms with E-state index in [0.717, 1.165) is 25.1 Å². The van der Waals surface area contributed by atoms with Crippen LogP contribution in [-0.4, -0.2) is 48.4 Å². The fourth-order valence-electron chi connectivity index (χ4n) is 5.75. The standard InChI is InChI=1S/C32H31ClF3NO3/c33-22-8-12-26(30(36)18-22)27-4-1-3-25-28(11-7-21(32(38)39)17-29(25)35)31(27)20-5-9-23(10-6-20)40-24-13-16-37(19-24)15-2-14-34/h5-12,18,24H,1-4,13-17,19H2,(H,38,39)/t24-/m0/s1. The summed E-state index contributed by atoms with van der Waals surface area (Å²) in [4.78, 5) is 13.9. The van der Waals surface area contributed by atoms with E-state index in [4.69, 9.17) is 16.3 Å². The number of likely N-dealkylation sites (tertiary alicyclic amines) is 1. The smallest absolute Gasteiger partial charge is 0.331 e. The SMILES string of the molecule is O=C(O)C1=CC=C2C(=C(F)C1)CCCC(c1ccc(Cl)cc1F)=C2c1ccc(O[C@H]2CCN(CCCF)C2)cc1. The number of hydrogen-bond donors (Lipinski definition) is 1. The lowest BCUT2D eigenvalue weighted by atomic mass is 9.86. The number of carbonyl (C=O) groups is 1. The molecule has 1 saturated heterocycles. The van der Waals surface area contributed by atoms with Crippen molar-refractivity contribution in [1.82, 2.24) is 4.90 Å². The molecule has 1 aliphatic heterocycles. The number of alkyl halides is 1. The highest BCUT2D eigenvalue weighted by molar-refractivity contribution is 6.30. The molecule has 1 atom stereocenters. The third kappa shape index (κ3) is 6.21. The maximum atomic E-state index is 15.5. The highest BCUT2D eigenvalue weighted by Gasteiger charge is 2.28. The first-order chi connectivity index (χ1) is 19.3. The number of benzene rings is 2. The largest absolute Gasteiger partial charge is 0.489 e. The van der Waals surface area contributed by atoms with Crippen LogP contribution in [-0.2, 0) is 4.79 Å². The van der Waals surface area contributed by atoms with Crippen LogP contribution in [0.15, 0.2) is 77.2 Å². The average Bonchev–Trinajstić information content (AvgIpc) is 3.20. The van der Waals surface area contributed by atoms with Crippen molar-refractivity contribution in [3.8, 4) is 5.75 Å². The normalized spacial score (nSPS) is 20.1. The van der Waals surface area contributed by atoms with E-state index in [9.17, 15) is 14.3 Å². The number of halogens is 4. The molecule has 2 aromatic carbocycles. The summed E-state index contributed by atoms with van der Waals surface area (Å²) in [5, 5.41) is 9.84. The first-order valence-corrected chi connectivity index (χ1v) is 14.0. The lowest BCUT2D eigenvalue weighted by molar-refractivity contribution is -0.132. The summed E-state index contributed by atoms with van der Waals surface area (Å²) in [5.41, 5.74) is 3.48. The van der Waals surface area contributed by atoms with Crippen LogP contribution in [0.5, 0.6) is 5.75 Å². The van der Waals surface area contributed by atoms with Gasteiger partial charge in [-0.05, 0) is 84.2 Å². The second-order valence-corrected chi connectivity index (χ2v) is 10.8. The third-order valence-electron chi connectivity index (χ3n) is 7.69. The minimum absolute atomic E-state index is 0.00838. The fraction of sp³-hybridized carbons (Fsp3) is 0.344. The van der Waals surface area contributed by atoms with Crippen LogP contribution in [0.25, 0.3) is 11.1 Å². The van der Waals surface area contributed by atoms with Crippen molar-refractivity contribution < 1.29 is 27.8 Å². The predicted molar refractivity (Wildman–Crippen MR) is 151 cm³/mol. The van der Waals surface area contributed by atoms with Gasteiger partial charge in [0.1, 0.15) is 23.5 Å². The zero-order valence-corrected chi connectivity index (χ0v) is 22.8. The molecular formula is C32H31ClF3NO3. The van der Waals surface area contributed by atoms with Crippen molar-refractivity contribution in [1.29, 1.82) is 0 Å². The Morgan fingerprint density at radius 3 is 2.58 bits per heavy atom. The Morgan fingerprint density at radius 1 is 1.07 bits per heavy atom.